The Bertz CT molecular complexity index is 737. The van der Waals surface area contributed by atoms with E-state index in [9.17, 15) is 4.79 Å². The summed E-state index contributed by atoms with van der Waals surface area (Å²) in [5.74, 6) is 0.350. The molecule has 24 heavy (non-hydrogen) atoms. The van der Waals surface area contributed by atoms with Gasteiger partial charge in [-0.05, 0) is 58.5 Å². The molecule has 0 amide bonds. The molecule has 0 spiro atoms. The molecule has 5 heteroatoms. The van der Waals surface area contributed by atoms with Crippen molar-refractivity contribution in [1.29, 1.82) is 0 Å². The van der Waals surface area contributed by atoms with Crippen molar-refractivity contribution in [3.05, 3.63) is 35.4 Å². The number of hydrogen-bond donors (Lipinski definition) is 1. The number of aromatic nitrogens is 1. The van der Waals surface area contributed by atoms with Crippen LogP contribution in [-0.2, 0) is 4.74 Å². The summed E-state index contributed by atoms with van der Waals surface area (Å²) < 4.78 is 5.28. The molecule has 1 aromatic heterocycles. The van der Waals surface area contributed by atoms with Crippen LogP contribution in [0.1, 0.15) is 35.7 Å². The molecule has 3 rings (SSSR count). The zero-order valence-electron chi connectivity index (χ0n) is 14.6. The first kappa shape index (κ1) is 16.7. The fourth-order valence-electron chi connectivity index (χ4n) is 3.28. The maximum absolute atomic E-state index is 12.5. The SMILES string of the molecule is CCOC(=O)c1c(NC2CCN(C)CC2)nc2ccccc2c1C. The molecule has 0 saturated carbocycles. The second kappa shape index (κ2) is 7.18. The summed E-state index contributed by atoms with van der Waals surface area (Å²) >= 11 is 0. The zero-order chi connectivity index (χ0) is 17.1. The van der Waals surface area contributed by atoms with E-state index in [0.29, 0.717) is 24.0 Å². The van der Waals surface area contributed by atoms with E-state index in [1.807, 2.05) is 38.1 Å². The number of carbonyl (C=O) groups excluding carboxylic acids is 1. The summed E-state index contributed by atoms with van der Waals surface area (Å²) in [5, 5.41) is 4.50. The van der Waals surface area contributed by atoms with Crippen molar-refractivity contribution in [2.75, 3.05) is 32.1 Å². The third-order valence-corrected chi connectivity index (χ3v) is 4.69. The normalized spacial score (nSPS) is 16.3. The van der Waals surface area contributed by atoms with Gasteiger partial charge < -0.3 is 15.0 Å². The van der Waals surface area contributed by atoms with Crippen LogP contribution in [0.15, 0.2) is 24.3 Å². The molecule has 2 aromatic rings. The number of anilines is 1. The van der Waals surface area contributed by atoms with Crippen LogP contribution >= 0.6 is 0 Å². The lowest BCUT2D eigenvalue weighted by atomic mass is 10.0. The monoisotopic (exact) mass is 327 g/mol. The van der Waals surface area contributed by atoms with E-state index >= 15 is 0 Å². The third kappa shape index (κ3) is 3.36. The number of aryl methyl sites for hydroxylation is 1. The van der Waals surface area contributed by atoms with Crippen molar-refractivity contribution in [3.63, 3.8) is 0 Å². The number of esters is 1. The van der Waals surface area contributed by atoms with E-state index in [1.54, 1.807) is 0 Å². The second-order valence-electron chi connectivity index (χ2n) is 6.42. The van der Waals surface area contributed by atoms with Crippen LogP contribution in [0.4, 0.5) is 5.82 Å². The van der Waals surface area contributed by atoms with Crippen LogP contribution in [-0.4, -0.2) is 48.6 Å². The fourth-order valence-corrected chi connectivity index (χ4v) is 3.28. The van der Waals surface area contributed by atoms with Gasteiger partial charge in [0, 0.05) is 11.4 Å². The predicted molar refractivity (Wildman–Crippen MR) is 96.6 cm³/mol. The lowest BCUT2D eigenvalue weighted by Gasteiger charge is -2.30. The van der Waals surface area contributed by atoms with E-state index in [-0.39, 0.29) is 5.97 Å². The van der Waals surface area contributed by atoms with Gasteiger partial charge in [0.25, 0.3) is 0 Å². The van der Waals surface area contributed by atoms with Gasteiger partial charge in [-0.25, -0.2) is 9.78 Å². The van der Waals surface area contributed by atoms with Crippen molar-refractivity contribution < 1.29 is 9.53 Å². The maximum atomic E-state index is 12.5. The van der Waals surface area contributed by atoms with Gasteiger partial charge in [0.2, 0.25) is 0 Å². The van der Waals surface area contributed by atoms with Crippen molar-refractivity contribution in [2.45, 2.75) is 32.7 Å². The largest absolute Gasteiger partial charge is 0.462 e. The highest BCUT2D eigenvalue weighted by atomic mass is 16.5. The average Bonchev–Trinajstić information content (AvgIpc) is 2.57. The van der Waals surface area contributed by atoms with Gasteiger partial charge in [-0.3, -0.25) is 0 Å². The number of para-hydroxylation sites is 1. The van der Waals surface area contributed by atoms with E-state index in [0.717, 1.165) is 42.4 Å². The van der Waals surface area contributed by atoms with Gasteiger partial charge in [0.05, 0.1) is 12.1 Å². The molecule has 0 bridgehead atoms. The first-order chi connectivity index (χ1) is 11.6. The van der Waals surface area contributed by atoms with Crippen LogP contribution in [0.3, 0.4) is 0 Å². The Morgan fingerprint density at radius 1 is 1.33 bits per heavy atom. The number of nitrogens with zero attached hydrogens (tertiary/aromatic N) is 2. The second-order valence-corrected chi connectivity index (χ2v) is 6.42. The number of piperidine rings is 1. The van der Waals surface area contributed by atoms with Gasteiger partial charge in [-0.15, -0.1) is 0 Å². The number of benzene rings is 1. The molecule has 0 atom stereocenters. The van der Waals surface area contributed by atoms with Crippen LogP contribution in [0.25, 0.3) is 10.9 Å². The smallest absolute Gasteiger partial charge is 0.342 e. The van der Waals surface area contributed by atoms with Gasteiger partial charge >= 0.3 is 5.97 Å². The fraction of sp³-hybridized carbons (Fsp3) is 0.474. The Labute approximate surface area is 143 Å². The van der Waals surface area contributed by atoms with E-state index in [4.69, 9.17) is 9.72 Å². The molecular formula is C19H25N3O2. The van der Waals surface area contributed by atoms with Gasteiger partial charge in [-0.1, -0.05) is 18.2 Å². The highest BCUT2D eigenvalue weighted by Crippen LogP contribution is 2.28. The summed E-state index contributed by atoms with van der Waals surface area (Å²) in [5.41, 5.74) is 2.39. The molecule has 1 aliphatic rings. The van der Waals surface area contributed by atoms with Crippen LogP contribution in [0.5, 0.6) is 0 Å². The molecule has 0 radical (unpaired) electrons. The first-order valence-electron chi connectivity index (χ1n) is 8.61. The summed E-state index contributed by atoms with van der Waals surface area (Å²) in [7, 11) is 2.14. The van der Waals surface area contributed by atoms with Crippen molar-refractivity contribution in [1.82, 2.24) is 9.88 Å². The topological polar surface area (TPSA) is 54.5 Å². The number of nitrogens with one attached hydrogen (secondary N) is 1. The van der Waals surface area contributed by atoms with Crippen molar-refractivity contribution >= 4 is 22.7 Å². The van der Waals surface area contributed by atoms with Gasteiger partial charge in [-0.2, -0.15) is 0 Å². The number of likely N-dealkylation sites (tertiary alicyclic amines) is 1. The molecule has 1 N–H and O–H groups in total. The number of hydrogen-bond acceptors (Lipinski definition) is 5. The minimum Gasteiger partial charge on any atom is -0.462 e. The first-order valence-corrected chi connectivity index (χ1v) is 8.61. The molecular weight excluding hydrogens is 302 g/mol. The lowest BCUT2D eigenvalue weighted by Crippen LogP contribution is -2.37. The maximum Gasteiger partial charge on any atom is 0.342 e. The Morgan fingerprint density at radius 3 is 2.75 bits per heavy atom. The quantitative estimate of drug-likeness (QED) is 0.874. The molecule has 2 heterocycles. The molecule has 1 aromatic carbocycles. The number of rotatable bonds is 4. The molecule has 1 saturated heterocycles. The Morgan fingerprint density at radius 2 is 2.04 bits per heavy atom. The van der Waals surface area contributed by atoms with E-state index < -0.39 is 0 Å². The Hall–Kier alpha value is -2.14. The minimum atomic E-state index is -0.302. The standard InChI is InChI=1S/C19H25N3O2/c1-4-24-19(23)17-13(2)15-7-5-6-8-16(15)21-18(17)20-14-9-11-22(3)12-10-14/h5-8,14H,4,9-12H2,1-3H3,(H,20,21). The Balaban J connectivity index is 2.00. The summed E-state index contributed by atoms with van der Waals surface area (Å²) in [6, 6.07) is 8.26. The van der Waals surface area contributed by atoms with Crippen LogP contribution < -0.4 is 5.32 Å². The van der Waals surface area contributed by atoms with Crippen LogP contribution in [0, 0.1) is 6.92 Å². The molecule has 1 fully saturated rings. The minimum absolute atomic E-state index is 0.302. The van der Waals surface area contributed by atoms with Gasteiger partial charge in [0.15, 0.2) is 0 Å². The zero-order valence-corrected chi connectivity index (χ0v) is 14.6. The molecule has 0 aliphatic carbocycles. The number of ether oxygens (including phenoxy) is 1. The number of carbonyl (C=O) groups is 1. The molecule has 128 valence electrons. The van der Waals surface area contributed by atoms with Crippen molar-refractivity contribution in [3.8, 4) is 0 Å². The van der Waals surface area contributed by atoms with E-state index in [1.165, 1.54) is 0 Å². The summed E-state index contributed by atoms with van der Waals surface area (Å²) in [4.78, 5) is 19.6. The Kier molecular flexibility index (Phi) is 5.00. The highest BCUT2D eigenvalue weighted by Gasteiger charge is 2.23. The molecule has 0 unspecified atom stereocenters. The molecule has 1 aliphatic heterocycles. The summed E-state index contributed by atoms with van der Waals surface area (Å²) in [6.45, 7) is 6.26. The molecule has 5 nitrogen and oxygen atoms in total. The van der Waals surface area contributed by atoms with Gasteiger partial charge in [0.1, 0.15) is 11.4 Å². The van der Waals surface area contributed by atoms with E-state index in [2.05, 4.69) is 17.3 Å². The number of fused-ring (bicyclic) bond motifs is 1. The van der Waals surface area contributed by atoms with Crippen LogP contribution in [0.2, 0.25) is 0 Å². The third-order valence-electron chi connectivity index (χ3n) is 4.69. The average molecular weight is 327 g/mol. The highest BCUT2D eigenvalue weighted by molar-refractivity contribution is 6.02. The lowest BCUT2D eigenvalue weighted by molar-refractivity contribution is 0.0526. The number of pyridine rings is 1. The predicted octanol–water partition coefficient (Wildman–Crippen LogP) is 3.23. The van der Waals surface area contributed by atoms with Crippen molar-refractivity contribution in [2.24, 2.45) is 0 Å². The summed E-state index contributed by atoms with van der Waals surface area (Å²) in [6.07, 6.45) is 2.10.